The predicted octanol–water partition coefficient (Wildman–Crippen LogP) is 2.03. The molecule has 2 aromatic rings. The van der Waals surface area contributed by atoms with Crippen LogP contribution in [0.3, 0.4) is 0 Å². The van der Waals surface area contributed by atoms with Gasteiger partial charge in [0.05, 0.1) is 19.1 Å². The van der Waals surface area contributed by atoms with Crippen molar-refractivity contribution < 1.29 is 17.9 Å². The second-order valence-electron chi connectivity index (χ2n) is 6.78. The number of ether oxygens (including phenoxy) is 2. The van der Waals surface area contributed by atoms with E-state index >= 15 is 0 Å². The summed E-state index contributed by atoms with van der Waals surface area (Å²) >= 11 is 1.63. The third kappa shape index (κ3) is 4.84. The van der Waals surface area contributed by atoms with Gasteiger partial charge in [-0.1, -0.05) is 0 Å². The van der Waals surface area contributed by atoms with Crippen molar-refractivity contribution in [1.82, 2.24) is 14.5 Å². The van der Waals surface area contributed by atoms with Crippen LogP contribution in [0.15, 0.2) is 39.9 Å². The number of sulfonamides is 1. The zero-order valence-corrected chi connectivity index (χ0v) is 18.1. The van der Waals surface area contributed by atoms with Crippen LogP contribution in [-0.2, 0) is 10.0 Å². The molecule has 1 aromatic heterocycles. The monoisotopic (exact) mass is 425 g/mol. The van der Waals surface area contributed by atoms with Gasteiger partial charge in [-0.25, -0.2) is 13.1 Å². The maximum Gasteiger partial charge on any atom is 0.240 e. The molecule has 3 rings (SSSR count). The van der Waals surface area contributed by atoms with Gasteiger partial charge in [0.1, 0.15) is 0 Å². The highest BCUT2D eigenvalue weighted by Gasteiger charge is 2.26. The normalized spacial score (nSPS) is 17.4. The summed E-state index contributed by atoms with van der Waals surface area (Å²) in [7, 11) is 1.44. The Morgan fingerprint density at radius 3 is 2.43 bits per heavy atom. The SMILES string of the molecule is COc1ccc(S(=O)(=O)NCC(c2ccsc2)N2CCN(C)CC2)cc1OC. The Kier molecular flexibility index (Phi) is 6.95. The van der Waals surface area contributed by atoms with Crippen molar-refractivity contribution in [3.63, 3.8) is 0 Å². The molecule has 0 aliphatic carbocycles. The fraction of sp³-hybridized carbons (Fsp3) is 0.474. The van der Waals surface area contributed by atoms with Crippen molar-refractivity contribution in [2.45, 2.75) is 10.9 Å². The highest BCUT2D eigenvalue weighted by Crippen LogP contribution is 2.30. The lowest BCUT2D eigenvalue weighted by Gasteiger charge is -2.37. The largest absolute Gasteiger partial charge is 0.493 e. The van der Waals surface area contributed by atoms with Crippen LogP contribution in [0.4, 0.5) is 0 Å². The summed E-state index contributed by atoms with van der Waals surface area (Å²) in [5, 5.41) is 4.12. The minimum absolute atomic E-state index is 0.00914. The van der Waals surface area contributed by atoms with Crippen molar-refractivity contribution in [3.8, 4) is 11.5 Å². The number of methoxy groups -OCH3 is 2. The second-order valence-corrected chi connectivity index (χ2v) is 9.33. The van der Waals surface area contributed by atoms with Gasteiger partial charge in [-0.2, -0.15) is 11.3 Å². The molecule has 9 heteroatoms. The third-order valence-corrected chi connectivity index (χ3v) is 7.16. The molecule has 1 fully saturated rings. The summed E-state index contributed by atoms with van der Waals surface area (Å²) in [4.78, 5) is 4.79. The molecule has 0 radical (unpaired) electrons. The summed E-state index contributed by atoms with van der Waals surface area (Å²) < 4.78 is 39.0. The zero-order valence-electron chi connectivity index (χ0n) is 16.4. The predicted molar refractivity (Wildman–Crippen MR) is 111 cm³/mol. The Morgan fingerprint density at radius 2 is 1.82 bits per heavy atom. The van der Waals surface area contributed by atoms with Gasteiger partial charge in [-0.3, -0.25) is 4.90 Å². The van der Waals surface area contributed by atoms with Crippen molar-refractivity contribution >= 4 is 21.4 Å². The molecule has 0 bridgehead atoms. The Hall–Kier alpha value is -1.65. The van der Waals surface area contributed by atoms with E-state index in [1.165, 1.54) is 26.4 Å². The molecule has 1 unspecified atom stereocenters. The van der Waals surface area contributed by atoms with E-state index in [0.29, 0.717) is 18.0 Å². The Morgan fingerprint density at radius 1 is 1.11 bits per heavy atom. The molecule has 1 aliphatic heterocycles. The fourth-order valence-corrected chi connectivity index (χ4v) is 5.07. The molecule has 2 heterocycles. The summed E-state index contributed by atoms with van der Waals surface area (Å²) in [5.74, 6) is 0.883. The number of thiophene rings is 1. The Bertz CT molecular complexity index is 863. The van der Waals surface area contributed by atoms with Crippen LogP contribution >= 0.6 is 11.3 Å². The summed E-state index contributed by atoms with van der Waals surface area (Å²) in [5.41, 5.74) is 1.14. The van der Waals surface area contributed by atoms with E-state index in [2.05, 4.69) is 33.0 Å². The van der Waals surface area contributed by atoms with Crippen molar-refractivity contribution in [2.24, 2.45) is 0 Å². The molecular weight excluding hydrogens is 398 g/mol. The molecule has 1 saturated heterocycles. The second kappa shape index (κ2) is 9.23. The van der Waals surface area contributed by atoms with Crippen LogP contribution in [0.1, 0.15) is 11.6 Å². The average molecular weight is 426 g/mol. The number of benzene rings is 1. The van der Waals surface area contributed by atoms with Gasteiger partial charge in [-0.05, 0) is 41.6 Å². The molecule has 0 saturated carbocycles. The molecule has 0 amide bonds. The molecule has 154 valence electrons. The van der Waals surface area contributed by atoms with Gasteiger partial charge in [0.25, 0.3) is 0 Å². The number of nitrogens with zero attached hydrogens (tertiary/aromatic N) is 2. The van der Waals surface area contributed by atoms with Gasteiger partial charge in [0.15, 0.2) is 11.5 Å². The highest BCUT2D eigenvalue weighted by atomic mass is 32.2. The number of likely N-dealkylation sites (N-methyl/N-ethyl adjacent to an activating group) is 1. The first-order chi connectivity index (χ1) is 13.4. The Labute approximate surface area is 170 Å². The Balaban J connectivity index is 1.77. The molecule has 1 N–H and O–H groups in total. The summed E-state index contributed by atoms with van der Waals surface area (Å²) in [6.45, 7) is 4.09. The van der Waals surface area contributed by atoms with Crippen LogP contribution in [0.5, 0.6) is 11.5 Å². The van der Waals surface area contributed by atoms with Gasteiger partial charge in [0, 0.05) is 44.8 Å². The molecule has 7 nitrogen and oxygen atoms in total. The van der Waals surface area contributed by atoms with E-state index in [0.717, 1.165) is 31.7 Å². The fourth-order valence-electron chi connectivity index (χ4n) is 3.31. The minimum atomic E-state index is -3.67. The lowest BCUT2D eigenvalue weighted by molar-refractivity contribution is 0.113. The number of nitrogens with one attached hydrogen (secondary N) is 1. The molecule has 1 atom stereocenters. The third-order valence-electron chi connectivity index (χ3n) is 5.04. The molecule has 1 aliphatic rings. The van der Waals surface area contributed by atoms with Gasteiger partial charge in [-0.15, -0.1) is 0 Å². The molecule has 0 spiro atoms. The number of rotatable bonds is 8. The van der Waals surface area contributed by atoms with E-state index in [4.69, 9.17) is 9.47 Å². The maximum atomic E-state index is 12.9. The maximum absolute atomic E-state index is 12.9. The lowest BCUT2D eigenvalue weighted by Crippen LogP contribution is -2.48. The van der Waals surface area contributed by atoms with Crippen LogP contribution in [0, 0.1) is 0 Å². The first kappa shape index (κ1) is 21.1. The van der Waals surface area contributed by atoms with Crippen molar-refractivity contribution in [2.75, 3.05) is 54.0 Å². The van der Waals surface area contributed by atoms with E-state index < -0.39 is 10.0 Å². The van der Waals surface area contributed by atoms with E-state index in [-0.39, 0.29) is 10.9 Å². The van der Waals surface area contributed by atoms with Gasteiger partial charge < -0.3 is 14.4 Å². The number of hydrogen-bond acceptors (Lipinski definition) is 7. The van der Waals surface area contributed by atoms with Crippen LogP contribution in [-0.4, -0.2) is 72.2 Å². The molecular formula is C19H27N3O4S2. The van der Waals surface area contributed by atoms with E-state index in [1.54, 1.807) is 17.4 Å². The highest BCUT2D eigenvalue weighted by molar-refractivity contribution is 7.89. The molecule has 1 aromatic carbocycles. The van der Waals surface area contributed by atoms with Gasteiger partial charge >= 0.3 is 0 Å². The number of hydrogen-bond donors (Lipinski definition) is 1. The van der Waals surface area contributed by atoms with Crippen molar-refractivity contribution in [3.05, 3.63) is 40.6 Å². The van der Waals surface area contributed by atoms with E-state index in [1.807, 2.05) is 5.38 Å². The smallest absolute Gasteiger partial charge is 0.240 e. The van der Waals surface area contributed by atoms with Crippen LogP contribution in [0.25, 0.3) is 0 Å². The summed E-state index contributed by atoms with van der Waals surface area (Å²) in [6.07, 6.45) is 0. The van der Waals surface area contributed by atoms with Crippen LogP contribution in [0.2, 0.25) is 0 Å². The molecule has 28 heavy (non-hydrogen) atoms. The minimum Gasteiger partial charge on any atom is -0.493 e. The average Bonchev–Trinajstić information content (AvgIpc) is 3.23. The standard InChI is InChI=1S/C19H27N3O4S2/c1-21-7-9-22(10-8-21)17(15-6-11-27-14-15)13-20-28(23,24)16-4-5-18(25-2)19(12-16)26-3/h4-6,11-12,14,17,20H,7-10,13H2,1-3H3. The lowest BCUT2D eigenvalue weighted by atomic mass is 10.1. The summed E-state index contributed by atoms with van der Waals surface area (Å²) in [6, 6.07) is 6.69. The quantitative estimate of drug-likeness (QED) is 0.698. The number of piperazine rings is 1. The topological polar surface area (TPSA) is 71.1 Å². The van der Waals surface area contributed by atoms with Crippen molar-refractivity contribution in [1.29, 1.82) is 0 Å². The van der Waals surface area contributed by atoms with E-state index in [9.17, 15) is 8.42 Å². The van der Waals surface area contributed by atoms with Crippen LogP contribution < -0.4 is 14.2 Å². The first-order valence-electron chi connectivity index (χ1n) is 9.11. The first-order valence-corrected chi connectivity index (χ1v) is 11.5. The van der Waals surface area contributed by atoms with Gasteiger partial charge in [0.2, 0.25) is 10.0 Å². The zero-order chi connectivity index (χ0) is 20.1.